The standard InChI is InChI=1S/C32H48O/c1-5-7-19-31(33)28(13-6-2)16-10-11-18-29-22-23-30-27(17-12-24-32(29,30)4)21-20-26-15-9-8-14-25(26)3/h6,10-11,20-21,28-30H,2-3,5,7-9,12-19,22-24H2,1,4H3/b11-10+,26-20-,27-21+/t28-,29?,30?,32?/m0/s1. The highest BCUT2D eigenvalue weighted by Gasteiger charge is 2.48. The van der Waals surface area contributed by atoms with Gasteiger partial charge in [-0.2, -0.15) is 0 Å². The number of rotatable bonds is 11. The van der Waals surface area contributed by atoms with Crippen LogP contribution in [0, 0.1) is 23.2 Å². The molecule has 33 heavy (non-hydrogen) atoms. The Bertz CT molecular complexity index is 778. The van der Waals surface area contributed by atoms with E-state index in [0.717, 1.165) is 43.9 Å². The maximum atomic E-state index is 12.5. The second kappa shape index (κ2) is 12.7. The van der Waals surface area contributed by atoms with Gasteiger partial charge in [0.25, 0.3) is 0 Å². The van der Waals surface area contributed by atoms with Crippen LogP contribution in [-0.2, 0) is 4.79 Å². The summed E-state index contributed by atoms with van der Waals surface area (Å²) >= 11 is 0. The molecule has 0 heterocycles. The molecule has 0 amide bonds. The van der Waals surface area contributed by atoms with Crippen molar-refractivity contribution in [2.75, 3.05) is 0 Å². The van der Waals surface area contributed by atoms with Crippen molar-refractivity contribution in [3.63, 3.8) is 0 Å². The van der Waals surface area contributed by atoms with Gasteiger partial charge in [-0.1, -0.05) is 68.4 Å². The van der Waals surface area contributed by atoms with E-state index in [1.165, 1.54) is 75.4 Å². The number of fused-ring (bicyclic) bond motifs is 1. The van der Waals surface area contributed by atoms with Crippen LogP contribution in [0.3, 0.4) is 0 Å². The smallest absolute Gasteiger partial charge is 0.136 e. The Morgan fingerprint density at radius 3 is 2.67 bits per heavy atom. The molecule has 0 aromatic rings. The predicted octanol–water partition coefficient (Wildman–Crippen LogP) is 9.47. The second-order valence-corrected chi connectivity index (χ2v) is 11.2. The van der Waals surface area contributed by atoms with Crippen LogP contribution in [0.1, 0.15) is 110 Å². The van der Waals surface area contributed by atoms with Gasteiger partial charge in [-0.25, -0.2) is 0 Å². The van der Waals surface area contributed by atoms with E-state index < -0.39 is 0 Å². The fourth-order valence-corrected chi connectivity index (χ4v) is 6.77. The van der Waals surface area contributed by atoms with E-state index in [1.54, 1.807) is 5.57 Å². The normalized spacial score (nSPS) is 31.3. The Hall–Kier alpha value is -1.63. The Labute approximate surface area is 204 Å². The lowest BCUT2D eigenvalue weighted by atomic mass is 9.63. The molecule has 3 aliphatic rings. The van der Waals surface area contributed by atoms with E-state index in [2.05, 4.69) is 51.3 Å². The third kappa shape index (κ3) is 6.71. The summed E-state index contributed by atoms with van der Waals surface area (Å²) in [5.41, 5.74) is 5.01. The number of hydrogen-bond donors (Lipinski definition) is 0. The molecule has 182 valence electrons. The van der Waals surface area contributed by atoms with Gasteiger partial charge in [-0.3, -0.25) is 4.79 Å². The molecule has 0 aliphatic heterocycles. The number of carbonyl (C=O) groups excluding carboxylic acids is 1. The minimum absolute atomic E-state index is 0.129. The third-order valence-electron chi connectivity index (χ3n) is 8.98. The minimum Gasteiger partial charge on any atom is -0.299 e. The molecular weight excluding hydrogens is 400 g/mol. The van der Waals surface area contributed by atoms with Crippen molar-refractivity contribution >= 4 is 5.78 Å². The van der Waals surface area contributed by atoms with Gasteiger partial charge in [0.1, 0.15) is 5.78 Å². The number of hydrogen-bond acceptors (Lipinski definition) is 1. The van der Waals surface area contributed by atoms with Crippen LogP contribution >= 0.6 is 0 Å². The molecule has 3 saturated carbocycles. The summed E-state index contributed by atoms with van der Waals surface area (Å²) in [6, 6.07) is 0. The quantitative estimate of drug-likeness (QED) is 0.288. The SMILES string of the molecule is C=CC[C@@H](C/C=C/CC1CCC2/C(=C/C=C3/CCCCC3=C)CCCC12C)C(=O)CCCC. The zero-order valence-corrected chi connectivity index (χ0v) is 21.5. The summed E-state index contributed by atoms with van der Waals surface area (Å²) in [7, 11) is 0. The average molecular weight is 449 g/mol. The summed E-state index contributed by atoms with van der Waals surface area (Å²) in [5.74, 6) is 2.08. The highest BCUT2D eigenvalue weighted by molar-refractivity contribution is 5.81. The Kier molecular flexibility index (Phi) is 10.0. The number of Topliss-reactive ketones (excluding diaryl/α,β-unsaturated/α-hetero) is 1. The molecule has 3 rings (SSSR count). The summed E-state index contributed by atoms with van der Waals surface area (Å²) < 4.78 is 0. The number of ketones is 1. The van der Waals surface area contributed by atoms with Crippen molar-refractivity contribution in [1.82, 2.24) is 0 Å². The number of carbonyl (C=O) groups is 1. The van der Waals surface area contributed by atoms with Crippen molar-refractivity contribution in [2.45, 2.75) is 110 Å². The molecule has 4 atom stereocenters. The third-order valence-corrected chi connectivity index (χ3v) is 8.98. The zero-order valence-electron chi connectivity index (χ0n) is 21.5. The lowest BCUT2D eigenvalue weighted by Crippen LogP contribution is -2.33. The first-order valence-corrected chi connectivity index (χ1v) is 13.9. The maximum absolute atomic E-state index is 12.5. The van der Waals surface area contributed by atoms with Crippen LogP contribution in [0.25, 0.3) is 0 Å². The summed E-state index contributed by atoms with van der Waals surface area (Å²) in [5, 5.41) is 0. The van der Waals surface area contributed by atoms with E-state index in [0.29, 0.717) is 11.2 Å². The van der Waals surface area contributed by atoms with E-state index in [-0.39, 0.29) is 5.92 Å². The molecule has 1 nitrogen and oxygen atoms in total. The van der Waals surface area contributed by atoms with Crippen molar-refractivity contribution in [3.8, 4) is 0 Å². The lowest BCUT2D eigenvalue weighted by Gasteiger charge is -2.42. The van der Waals surface area contributed by atoms with E-state index >= 15 is 0 Å². The summed E-state index contributed by atoms with van der Waals surface area (Å²) in [6.45, 7) is 12.9. The molecule has 3 fully saturated rings. The maximum Gasteiger partial charge on any atom is 0.136 e. The van der Waals surface area contributed by atoms with Gasteiger partial charge < -0.3 is 0 Å². The fraction of sp³-hybridized carbons (Fsp3) is 0.656. The van der Waals surface area contributed by atoms with E-state index in [1.807, 2.05) is 6.08 Å². The lowest BCUT2D eigenvalue weighted by molar-refractivity contribution is -0.122. The van der Waals surface area contributed by atoms with Crippen molar-refractivity contribution in [3.05, 3.63) is 60.3 Å². The van der Waals surface area contributed by atoms with Gasteiger partial charge in [0.15, 0.2) is 0 Å². The van der Waals surface area contributed by atoms with Crippen LogP contribution < -0.4 is 0 Å². The van der Waals surface area contributed by atoms with Gasteiger partial charge in [0.2, 0.25) is 0 Å². The van der Waals surface area contributed by atoms with Gasteiger partial charge in [-0.05, 0) is 106 Å². The van der Waals surface area contributed by atoms with Gasteiger partial charge in [0.05, 0.1) is 0 Å². The molecule has 3 aliphatic carbocycles. The Morgan fingerprint density at radius 1 is 1.09 bits per heavy atom. The minimum atomic E-state index is 0.129. The molecule has 0 spiro atoms. The first-order chi connectivity index (χ1) is 16.0. The fourth-order valence-electron chi connectivity index (χ4n) is 6.77. The van der Waals surface area contributed by atoms with E-state index in [4.69, 9.17) is 0 Å². The van der Waals surface area contributed by atoms with Gasteiger partial charge in [-0.15, -0.1) is 6.58 Å². The molecule has 3 unspecified atom stereocenters. The summed E-state index contributed by atoms with van der Waals surface area (Å²) in [6.07, 6.45) is 28.9. The number of unbranched alkanes of at least 4 members (excludes halogenated alkanes) is 1. The average Bonchev–Trinajstić information content (AvgIpc) is 3.15. The summed E-state index contributed by atoms with van der Waals surface area (Å²) in [4.78, 5) is 12.5. The van der Waals surface area contributed by atoms with Crippen LogP contribution in [0.15, 0.2) is 60.3 Å². The molecule has 1 heteroatoms. The number of allylic oxidation sites excluding steroid dienone is 8. The van der Waals surface area contributed by atoms with Crippen LogP contribution in [0.5, 0.6) is 0 Å². The highest BCUT2D eigenvalue weighted by atomic mass is 16.1. The Balaban J connectivity index is 1.59. The molecule has 0 saturated heterocycles. The molecular formula is C32H48O. The molecule has 0 radical (unpaired) electrons. The van der Waals surface area contributed by atoms with Crippen molar-refractivity contribution in [1.29, 1.82) is 0 Å². The molecule has 0 aromatic heterocycles. The van der Waals surface area contributed by atoms with E-state index in [9.17, 15) is 4.79 Å². The highest BCUT2D eigenvalue weighted by Crippen LogP contribution is 2.58. The van der Waals surface area contributed by atoms with Gasteiger partial charge in [0, 0.05) is 12.3 Å². The molecule has 0 N–H and O–H groups in total. The zero-order chi connectivity index (χ0) is 23.7. The van der Waals surface area contributed by atoms with Crippen LogP contribution in [0.4, 0.5) is 0 Å². The van der Waals surface area contributed by atoms with Crippen LogP contribution in [-0.4, -0.2) is 5.78 Å². The predicted molar refractivity (Wildman–Crippen MR) is 143 cm³/mol. The second-order valence-electron chi connectivity index (χ2n) is 11.2. The van der Waals surface area contributed by atoms with Crippen molar-refractivity contribution in [2.24, 2.45) is 23.2 Å². The topological polar surface area (TPSA) is 17.1 Å². The van der Waals surface area contributed by atoms with Crippen LogP contribution in [0.2, 0.25) is 0 Å². The Morgan fingerprint density at radius 2 is 1.91 bits per heavy atom. The first-order valence-electron chi connectivity index (χ1n) is 13.9. The molecule has 0 bridgehead atoms. The molecule has 0 aromatic carbocycles. The monoisotopic (exact) mass is 448 g/mol. The van der Waals surface area contributed by atoms with Gasteiger partial charge >= 0.3 is 0 Å². The van der Waals surface area contributed by atoms with Crippen molar-refractivity contribution < 1.29 is 4.79 Å². The first kappa shape index (κ1) is 26.0. The largest absolute Gasteiger partial charge is 0.299 e.